The van der Waals surface area contributed by atoms with Gasteiger partial charge >= 0.3 is 0 Å². The number of hydrazine groups is 1. The smallest absolute Gasteiger partial charge is 0.279 e. The van der Waals surface area contributed by atoms with Crippen LogP contribution in [0.4, 0.5) is 5.69 Å². The molecule has 3 aromatic rings. The largest absolute Gasteiger partial charge is 0.481 e. The molecule has 0 fully saturated rings. The lowest BCUT2D eigenvalue weighted by molar-refractivity contribution is -0.127. The third-order valence-corrected chi connectivity index (χ3v) is 4.83. The highest BCUT2D eigenvalue weighted by molar-refractivity contribution is 7.80. The predicted octanol–water partition coefficient (Wildman–Crippen LogP) is 4.59. The quantitative estimate of drug-likeness (QED) is 0.431. The van der Waals surface area contributed by atoms with Gasteiger partial charge in [0.05, 0.1) is 0 Å². The zero-order chi connectivity index (χ0) is 20.1. The number of ether oxygens (including phenoxy) is 1. The molecule has 0 saturated carbocycles. The first-order valence-corrected chi connectivity index (χ1v) is 9.50. The Hall–Kier alpha value is -2.83. The predicted molar refractivity (Wildman–Crippen MR) is 118 cm³/mol. The van der Waals surface area contributed by atoms with E-state index in [9.17, 15) is 4.79 Å². The van der Waals surface area contributed by atoms with Gasteiger partial charge in [-0.1, -0.05) is 48.0 Å². The molecular weight excluding hydrogens is 394 g/mol. The zero-order valence-corrected chi connectivity index (χ0v) is 17.0. The molecule has 3 aromatic carbocycles. The number of carbonyl (C=O) groups is 1. The Labute approximate surface area is 174 Å². The number of hydrogen-bond donors (Lipinski definition) is 3. The Morgan fingerprint density at radius 2 is 1.79 bits per heavy atom. The summed E-state index contributed by atoms with van der Waals surface area (Å²) in [5, 5.41) is 6.04. The van der Waals surface area contributed by atoms with Crippen LogP contribution in [0.3, 0.4) is 0 Å². The molecule has 0 unspecified atom stereocenters. The molecule has 0 aromatic heterocycles. The van der Waals surface area contributed by atoms with Crippen molar-refractivity contribution in [3.05, 3.63) is 71.2 Å². The molecule has 0 spiro atoms. The Bertz CT molecular complexity index is 1030. The van der Waals surface area contributed by atoms with E-state index in [2.05, 4.69) is 16.2 Å². The van der Waals surface area contributed by atoms with Crippen LogP contribution in [0.15, 0.2) is 60.7 Å². The normalized spacial score (nSPS) is 11.5. The van der Waals surface area contributed by atoms with E-state index in [1.165, 1.54) is 0 Å². The minimum absolute atomic E-state index is 0.247. The van der Waals surface area contributed by atoms with E-state index >= 15 is 0 Å². The molecule has 0 bridgehead atoms. The monoisotopic (exact) mass is 413 g/mol. The molecule has 7 heteroatoms. The van der Waals surface area contributed by atoms with Crippen molar-refractivity contribution in [1.82, 2.24) is 10.9 Å². The topological polar surface area (TPSA) is 62.4 Å². The van der Waals surface area contributed by atoms with Crippen LogP contribution in [-0.4, -0.2) is 17.1 Å². The molecule has 1 amide bonds. The van der Waals surface area contributed by atoms with E-state index in [0.29, 0.717) is 10.8 Å². The van der Waals surface area contributed by atoms with Gasteiger partial charge in [-0.15, -0.1) is 0 Å². The van der Waals surface area contributed by atoms with Gasteiger partial charge < -0.3 is 10.1 Å². The number of halogens is 1. The number of carbonyl (C=O) groups excluding carboxylic acids is 1. The number of amides is 1. The molecule has 0 aliphatic rings. The van der Waals surface area contributed by atoms with Gasteiger partial charge in [0, 0.05) is 10.7 Å². The molecule has 3 N–H and O–H groups in total. The minimum Gasteiger partial charge on any atom is -0.481 e. The van der Waals surface area contributed by atoms with Crippen LogP contribution in [0.5, 0.6) is 5.75 Å². The second-order valence-electron chi connectivity index (χ2n) is 6.25. The number of benzene rings is 3. The standard InChI is InChI=1S/C21H20ClN3O2S/c1-13-18(22)8-5-9-19(13)23-21(28)25-24-20(26)14(2)27-17-11-10-15-6-3-4-7-16(15)12-17/h3-12,14H,1-2H3,(H,24,26)(H2,23,25,28)/t14-/m1/s1. The molecule has 3 rings (SSSR count). The van der Waals surface area contributed by atoms with Crippen molar-refractivity contribution < 1.29 is 9.53 Å². The first-order chi connectivity index (χ1) is 13.4. The van der Waals surface area contributed by atoms with Gasteiger partial charge in [0.25, 0.3) is 5.91 Å². The molecule has 1 atom stereocenters. The summed E-state index contributed by atoms with van der Waals surface area (Å²) in [6.07, 6.45) is -0.704. The summed E-state index contributed by atoms with van der Waals surface area (Å²) in [5.41, 5.74) is 6.85. The van der Waals surface area contributed by atoms with Gasteiger partial charge in [-0.05, 0) is 66.7 Å². The van der Waals surface area contributed by atoms with Crippen LogP contribution in [0, 0.1) is 6.92 Å². The SMILES string of the molecule is Cc1c(Cl)cccc1NC(=S)NNC(=O)[C@@H](C)Oc1ccc2ccccc2c1. The van der Waals surface area contributed by atoms with Gasteiger partial charge in [0.1, 0.15) is 5.75 Å². The second kappa shape index (κ2) is 8.91. The van der Waals surface area contributed by atoms with Gasteiger partial charge in [0.15, 0.2) is 11.2 Å². The van der Waals surface area contributed by atoms with E-state index in [1.54, 1.807) is 13.0 Å². The van der Waals surface area contributed by atoms with E-state index in [0.717, 1.165) is 22.0 Å². The average molecular weight is 414 g/mol. The maximum atomic E-state index is 12.3. The third-order valence-electron chi connectivity index (χ3n) is 4.22. The van der Waals surface area contributed by atoms with Crippen molar-refractivity contribution in [1.29, 1.82) is 0 Å². The lowest BCUT2D eigenvalue weighted by atomic mass is 10.1. The number of anilines is 1. The zero-order valence-electron chi connectivity index (χ0n) is 15.5. The number of rotatable bonds is 4. The number of thiocarbonyl (C=S) groups is 1. The molecule has 0 radical (unpaired) electrons. The van der Waals surface area contributed by atoms with Gasteiger partial charge in [-0.3, -0.25) is 15.6 Å². The Morgan fingerprint density at radius 1 is 1.04 bits per heavy atom. The molecular formula is C21H20ClN3O2S. The van der Waals surface area contributed by atoms with Crippen LogP contribution in [0.25, 0.3) is 10.8 Å². The summed E-state index contributed by atoms with van der Waals surface area (Å²) in [6, 6.07) is 19.1. The lowest BCUT2D eigenvalue weighted by Crippen LogP contribution is -2.48. The molecule has 0 aliphatic heterocycles. The molecule has 5 nitrogen and oxygen atoms in total. The van der Waals surface area contributed by atoms with Crippen molar-refractivity contribution in [2.45, 2.75) is 20.0 Å². The Morgan fingerprint density at radius 3 is 2.57 bits per heavy atom. The maximum Gasteiger partial charge on any atom is 0.279 e. The van der Waals surface area contributed by atoms with E-state index in [4.69, 9.17) is 28.6 Å². The highest BCUT2D eigenvalue weighted by Crippen LogP contribution is 2.23. The van der Waals surface area contributed by atoms with Gasteiger partial charge in [0.2, 0.25) is 0 Å². The van der Waals surface area contributed by atoms with Gasteiger partial charge in [-0.2, -0.15) is 0 Å². The van der Waals surface area contributed by atoms with Crippen LogP contribution in [-0.2, 0) is 4.79 Å². The number of hydrogen-bond acceptors (Lipinski definition) is 3. The molecule has 28 heavy (non-hydrogen) atoms. The fourth-order valence-corrected chi connectivity index (χ4v) is 2.95. The molecule has 144 valence electrons. The summed E-state index contributed by atoms with van der Waals surface area (Å²) >= 11 is 11.3. The summed E-state index contributed by atoms with van der Waals surface area (Å²) in [7, 11) is 0. The van der Waals surface area contributed by atoms with Crippen molar-refractivity contribution in [3.8, 4) is 5.75 Å². The molecule has 0 saturated heterocycles. The average Bonchev–Trinajstić information content (AvgIpc) is 2.69. The van der Waals surface area contributed by atoms with Crippen molar-refractivity contribution in [2.75, 3.05) is 5.32 Å². The first kappa shape index (κ1) is 19.9. The van der Waals surface area contributed by atoms with Crippen LogP contribution in [0.2, 0.25) is 5.02 Å². The lowest BCUT2D eigenvalue weighted by Gasteiger charge is -2.17. The Balaban J connectivity index is 1.53. The fraction of sp³-hybridized carbons (Fsp3) is 0.143. The highest BCUT2D eigenvalue weighted by Gasteiger charge is 2.15. The van der Waals surface area contributed by atoms with E-state index < -0.39 is 6.10 Å². The second-order valence-corrected chi connectivity index (χ2v) is 7.07. The van der Waals surface area contributed by atoms with Crippen molar-refractivity contribution in [2.24, 2.45) is 0 Å². The fourth-order valence-electron chi connectivity index (χ4n) is 2.61. The van der Waals surface area contributed by atoms with Crippen LogP contribution >= 0.6 is 23.8 Å². The van der Waals surface area contributed by atoms with E-state index in [1.807, 2.05) is 61.5 Å². The van der Waals surface area contributed by atoms with Crippen molar-refractivity contribution >= 4 is 51.3 Å². The first-order valence-electron chi connectivity index (χ1n) is 8.71. The number of fused-ring (bicyclic) bond motifs is 1. The minimum atomic E-state index is -0.704. The summed E-state index contributed by atoms with van der Waals surface area (Å²) < 4.78 is 5.74. The summed E-state index contributed by atoms with van der Waals surface area (Å²) in [6.45, 7) is 3.55. The van der Waals surface area contributed by atoms with Crippen LogP contribution in [0.1, 0.15) is 12.5 Å². The van der Waals surface area contributed by atoms with Crippen LogP contribution < -0.4 is 20.9 Å². The Kier molecular flexibility index (Phi) is 6.34. The van der Waals surface area contributed by atoms with Gasteiger partial charge in [-0.25, -0.2) is 0 Å². The molecule has 0 aliphatic carbocycles. The summed E-state index contributed by atoms with van der Waals surface area (Å²) in [4.78, 5) is 12.3. The highest BCUT2D eigenvalue weighted by atomic mass is 35.5. The van der Waals surface area contributed by atoms with Crippen molar-refractivity contribution in [3.63, 3.8) is 0 Å². The molecule has 0 heterocycles. The summed E-state index contributed by atoms with van der Waals surface area (Å²) in [5.74, 6) is 0.275. The third kappa shape index (κ3) is 4.91. The number of nitrogens with one attached hydrogen (secondary N) is 3. The maximum absolute atomic E-state index is 12.3. The van der Waals surface area contributed by atoms with E-state index in [-0.39, 0.29) is 11.0 Å².